The molecule has 23 heavy (non-hydrogen) atoms. The van der Waals surface area contributed by atoms with Crippen LogP contribution in [0.5, 0.6) is 0 Å². The van der Waals surface area contributed by atoms with Crippen LogP contribution >= 0.6 is 0 Å². The number of piperazine rings is 1. The van der Waals surface area contributed by atoms with E-state index in [-0.39, 0.29) is 0 Å². The lowest BCUT2D eigenvalue weighted by molar-refractivity contribution is 0.635. The van der Waals surface area contributed by atoms with Gasteiger partial charge in [-0.05, 0) is 37.5 Å². The summed E-state index contributed by atoms with van der Waals surface area (Å²) in [5.74, 6) is 1.58. The molecule has 0 radical (unpaired) electrons. The Morgan fingerprint density at radius 3 is 2.61 bits per heavy atom. The zero-order valence-corrected chi connectivity index (χ0v) is 13.4. The molecule has 4 rings (SSSR count). The molecule has 0 amide bonds. The van der Waals surface area contributed by atoms with Crippen LogP contribution in [0.25, 0.3) is 0 Å². The number of nitrogens with zero attached hydrogens (tertiary/aromatic N) is 5. The Morgan fingerprint density at radius 2 is 1.87 bits per heavy atom. The van der Waals surface area contributed by atoms with Crippen molar-refractivity contribution in [3.63, 3.8) is 0 Å². The Hall–Kier alpha value is -2.37. The Balaban J connectivity index is 1.41. The van der Waals surface area contributed by atoms with E-state index in [0.29, 0.717) is 6.04 Å². The van der Waals surface area contributed by atoms with Gasteiger partial charge in [0.05, 0.1) is 6.20 Å². The monoisotopic (exact) mass is 310 g/mol. The van der Waals surface area contributed by atoms with Gasteiger partial charge in [0.1, 0.15) is 0 Å². The summed E-state index contributed by atoms with van der Waals surface area (Å²) >= 11 is 0. The van der Waals surface area contributed by atoms with Crippen molar-refractivity contribution in [1.82, 2.24) is 15.2 Å². The lowest BCUT2D eigenvalue weighted by Gasteiger charge is -2.36. The second-order valence-electron chi connectivity index (χ2n) is 6.37. The van der Waals surface area contributed by atoms with Gasteiger partial charge < -0.3 is 15.1 Å². The van der Waals surface area contributed by atoms with Crippen LogP contribution in [0.3, 0.4) is 0 Å². The molecule has 1 saturated heterocycles. The molecule has 2 fully saturated rings. The maximum Gasteiger partial charge on any atom is 0.247 e. The number of anilines is 3. The Labute approximate surface area is 136 Å². The van der Waals surface area contributed by atoms with E-state index in [4.69, 9.17) is 0 Å². The van der Waals surface area contributed by atoms with Gasteiger partial charge in [-0.2, -0.15) is 10.1 Å². The summed E-state index contributed by atoms with van der Waals surface area (Å²) in [5, 5.41) is 11.7. The SMILES string of the molecule is Cc1cccc(N2CCN(c3nncc(NC4CC4)n3)CC2)c1. The van der Waals surface area contributed by atoms with Crippen LogP contribution in [0.1, 0.15) is 18.4 Å². The summed E-state index contributed by atoms with van der Waals surface area (Å²) in [6.45, 7) is 5.93. The first kappa shape index (κ1) is 14.2. The van der Waals surface area contributed by atoms with Crippen molar-refractivity contribution in [2.75, 3.05) is 41.3 Å². The van der Waals surface area contributed by atoms with Crippen molar-refractivity contribution in [2.24, 2.45) is 0 Å². The minimum atomic E-state index is 0.581. The van der Waals surface area contributed by atoms with Crippen LogP contribution in [0.2, 0.25) is 0 Å². The van der Waals surface area contributed by atoms with Crippen molar-refractivity contribution in [3.05, 3.63) is 36.0 Å². The molecule has 1 N–H and O–H groups in total. The van der Waals surface area contributed by atoms with Crippen molar-refractivity contribution < 1.29 is 0 Å². The maximum absolute atomic E-state index is 4.61. The number of aromatic nitrogens is 3. The van der Waals surface area contributed by atoms with Gasteiger partial charge in [-0.15, -0.1) is 5.10 Å². The third kappa shape index (κ3) is 3.36. The minimum absolute atomic E-state index is 0.581. The summed E-state index contributed by atoms with van der Waals surface area (Å²) in [4.78, 5) is 9.25. The van der Waals surface area contributed by atoms with Gasteiger partial charge in [0.2, 0.25) is 5.95 Å². The molecule has 6 nitrogen and oxygen atoms in total. The molecule has 0 atom stereocenters. The van der Waals surface area contributed by atoms with Gasteiger partial charge in [-0.25, -0.2) is 0 Å². The first-order valence-corrected chi connectivity index (χ1v) is 8.31. The van der Waals surface area contributed by atoms with E-state index >= 15 is 0 Å². The average molecular weight is 310 g/mol. The van der Waals surface area contributed by atoms with Crippen LogP contribution in [0.4, 0.5) is 17.5 Å². The highest BCUT2D eigenvalue weighted by atomic mass is 15.4. The summed E-state index contributed by atoms with van der Waals surface area (Å²) < 4.78 is 0. The second kappa shape index (κ2) is 6.02. The normalized spacial score (nSPS) is 18.1. The van der Waals surface area contributed by atoms with Crippen LogP contribution in [0, 0.1) is 6.92 Å². The molecule has 1 aliphatic heterocycles. The van der Waals surface area contributed by atoms with E-state index in [1.54, 1.807) is 6.20 Å². The average Bonchev–Trinajstić information content (AvgIpc) is 3.39. The first-order valence-electron chi connectivity index (χ1n) is 8.31. The number of benzene rings is 1. The van der Waals surface area contributed by atoms with Gasteiger partial charge >= 0.3 is 0 Å². The highest BCUT2D eigenvalue weighted by molar-refractivity contribution is 5.50. The van der Waals surface area contributed by atoms with E-state index in [1.165, 1.54) is 24.1 Å². The van der Waals surface area contributed by atoms with Crippen molar-refractivity contribution >= 4 is 17.5 Å². The number of aryl methyl sites for hydroxylation is 1. The standard InChI is InChI=1S/C17H22N6/c1-13-3-2-4-15(11-13)22-7-9-23(10-8-22)17-20-16(12-18-21-17)19-14-5-6-14/h2-4,11-12,14H,5-10H2,1H3,(H,19,20,21). The Morgan fingerprint density at radius 1 is 1.09 bits per heavy atom. The Kier molecular flexibility index (Phi) is 3.73. The van der Waals surface area contributed by atoms with Crippen LogP contribution < -0.4 is 15.1 Å². The predicted octanol–water partition coefficient (Wildman–Crippen LogP) is 2.08. The topological polar surface area (TPSA) is 57.2 Å². The summed E-state index contributed by atoms with van der Waals surface area (Å²) in [5.41, 5.74) is 2.60. The third-order valence-electron chi connectivity index (χ3n) is 4.41. The van der Waals surface area contributed by atoms with Crippen LogP contribution in [-0.4, -0.2) is 47.4 Å². The lowest BCUT2D eigenvalue weighted by atomic mass is 10.2. The third-order valence-corrected chi connectivity index (χ3v) is 4.41. The smallest absolute Gasteiger partial charge is 0.247 e. The number of hydrogen-bond donors (Lipinski definition) is 1. The number of hydrogen-bond acceptors (Lipinski definition) is 6. The van der Waals surface area contributed by atoms with E-state index in [0.717, 1.165) is 37.9 Å². The number of rotatable bonds is 4. The fourth-order valence-electron chi connectivity index (χ4n) is 2.92. The molecule has 0 bridgehead atoms. The highest BCUT2D eigenvalue weighted by Crippen LogP contribution is 2.24. The largest absolute Gasteiger partial charge is 0.368 e. The molecule has 2 aromatic rings. The van der Waals surface area contributed by atoms with E-state index in [9.17, 15) is 0 Å². The van der Waals surface area contributed by atoms with Crippen molar-refractivity contribution in [1.29, 1.82) is 0 Å². The molecule has 0 spiro atoms. The van der Waals surface area contributed by atoms with Crippen LogP contribution in [0.15, 0.2) is 30.5 Å². The molecule has 0 unspecified atom stereocenters. The Bertz CT molecular complexity index is 676. The van der Waals surface area contributed by atoms with Gasteiger partial charge in [-0.1, -0.05) is 12.1 Å². The molecule has 1 aromatic carbocycles. The van der Waals surface area contributed by atoms with Gasteiger partial charge in [0.15, 0.2) is 5.82 Å². The molecule has 6 heteroatoms. The predicted molar refractivity (Wildman–Crippen MR) is 92.1 cm³/mol. The molecule has 2 aliphatic rings. The molecular formula is C17H22N6. The summed E-state index contributed by atoms with van der Waals surface area (Å²) in [6, 6.07) is 9.27. The fourth-order valence-corrected chi connectivity index (χ4v) is 2.92. The van der Waals surface area contributed by atoms with Crippen molar-refractivity contribution in [3.8, 4) is 0 Å². The summed E-state index contributed by atoms with van der Waals surface area (Å²) in [7, 11) is 0. The lowest BCUT2D eigenvalue weighted by Crippen LogP contribution is -2.47. The minimum Gasteiger partial charge on any atom is -0.368 e. The number of nitrogens with one attached hydrogen (secondary N) is 1. The second-order valence-corrected chi connectivity index (χ2v) is 6.37. The van der Waals surface area contributed by atoms with Gasteiger partial charge in [0, 0.05) is 37.9 Å². The van der Waals surface area contributed by atoms with Crippen molar-refractivity contribution in [2.45, 2.75) is 25.8 Å². The summed E-state index contributed by atoms with van der Waals surface area (Å²) in [6.07, 6.45) is 4.17. The quantitative estimate of drug-likeness (QED) is 0.933. The molecule has 2 heterocycles. The molecule has 1 aliphatic carbocycles. The van der Waals surface area contributed by atoms with E-state index < -0.39 is 0 Å². The zero-order valence-electron chi connectivity index (χ0n) is 13.4. The maximum atomic E-state index is 4.61. The molecular weight excluding hydrogens is 288 g/mol. The molecule has 1 saturated carbocycles. The van der Waals surface area contributed by atoms with Gasteiger partial charge in [-0.3, -0.25) is 0 Å². The van der Waals surface area contributed by atoms with E-state index in [1.807, 2.05) is 0 Å². The van der Waals surface area contributed by atoms with E-state index in [2.05, 4.69) is 61.5 Å². The van der Waals surface area contributed by atoms with Crippen LogP contribution in [-0.2, 0) is 0 Å². The molecule has 1 aromatic heterocycles. The fraction of sp³-hybridized carbons (Fsp3) is 0.471. The molecule has 120 valence electrons. The zero-order chi connectivity index (χ0) is 15.6. The highest BCUT2D eigenvalue weighted by Gasteiger charge is 2.23. The first-order chi connectivity index (χ1) is 11.3. The van der Waals surface area contributed by atoms with Gasteiger partial charge in [0.25, 0.3) is 0 Å².